The van der Waals surface area contributed by atoms with Crippen molar-refractivity contribution in [2.45, 2.75) is 6.04 Å². The Hall–Kier alpha value is -1.39. The number of para-hydroxylation sites is 2. The maximum Gasteiger partial charge on any atom is 0.145 e. The fraction of sp³-hybridized carbons (Fsp3) is 0.333. The van der Waals surface area contributed by atoms with Gasteiger partial charge in [-0.2, -0.15) is 0 Å². The van der Waals surface area contributed by atoms with Crippen molar-refractivity contribution in [2.75, 3.05) is 24.9 Å². The van der Waals surface area contributed by atoms with Crippen LogP contribution < -0.4 is 5.32 Å². The second-order valence-corrected chi connectivity index (χ2v) is 4.00. The van der Waals surface area contributed by atoms with Crippen LogP contribution in [-0.2, 0) is 4.74 Å². The molecule has 90 valence electrons. The lowest BCUT2D eigenvalue weighted by molar-refractivity contribution is 0.191. The first-order valence-electron chi connectivity index (χ1n) is 5.36. The van der Waals surface area contributed by atoms with Crippen LogP contribution in [0.5, 0.6) is 0 Å². The summed E-state index contributed by atoms with van der Waals surface area (Å²) in [6, 6.07) is 7.78. The van der Waals surface area contributed by atoms with Gasteiger partial charge in [0.25, 0.3) is 0 Å². The van der Waals surface area contributed by atoms with E-state index in [1.165, 1.54) is 0 Å². The number of alkyl halides is 1. The van der Waals surface area contributed by atoms with E-state index in [1.54, 1.807) is 13.3 Å². The van der Waals surface area contributed by atoms with Crippen LogP contribution in [0.2, 0.25) is 0 Å². The van der Waals surface area contributed by atoms with Gasteiger partial charge < -0.3 is 10.1 Å². The van der Waals surface area contributed by atoms with Crippen molar-refractivity contribution < 1.29 is 4.74 Å². The zero-order valence-electron chi connectivity index (χ0n) is 9.56. The molecule has 0 aliphatic heterocycles. The predicted molar refractivity (Wildman–Crippen MR) is 69.5 cm³/mol. The Morgan fingerprint density at radius 2 is 2.12 bits per heavy atom. The standard InChI is InChI=1S/C12H14ClN3O/c1-17-8-9(6-13)15-12-7-14-10-4-2-3-5-11(10)16-12/h2-5,7,9H,6,8H2,1H3,(H,15,16). The van der Waals surface area contributed by atoms with Crippen LogP contribution >= 0.6 is 11.6 Å². The SMILES string of the molecule is COCC(CCl)Nc1cnc2ccccc2n1. The lowest BCUT2D eigenvalue weighted by Gasteiger charge is -2.15. The fourth-order valence-corrected chi connectivity index (χ4v) is 1.73. The smallest absolute Gasteiger partial charge is 0.145 e. The van der Waals surface area contributed by atoms with Gasteiger partial charge in [-0.15, -0.1) is 11.6 Å². The maximum absolute atomic E-state index is 5.82. The van der Waals surface area contributed by atoms with E-state index in [0.717, 1.165) is 11.0 Å². The van der Waals surface area contributed by atoms with Gasteiger partial charge in [-0.25, -0.2) is 4.98 Å². The molecule has 1 heterocycles. The molecule has 17 heavy (non-hydrogen) atoms. The van der Waals surface area contributed by atoms with E-state index >= 15 is 0 Å². The lowest BCUT2D eigenvalue weighted by Crippen LogP contribution is -2.27. The summed E-state index contributed by atoms with van der Waals surface area (Å²) < 4.78 is 5.06. The molecule has 0 radical (unpaired) electrons. The Bertz CT molecular complexity index is 492. The van der Waals surface area contributed by atoms with Crippen LogP contribution in [0.1, 0.15) is 0 Å². The van der Waals surface area contributed by atoms with Gasteiger partial charge in [0.2, 0.25) is 0 Å². The van der Waals surface area contributed by atoms with Crippen molar-refractivity contribution >= 4 is 28.5 Å². The first-order chi connectivity index (χ1) is 8.33. The first kappa shape index (κ1) is 12.1. The first-order valence-corrected chi connectivity index (χ1v) is 5.90. The van der Waals surface area contributed by atoms with E-state index in [9.17, 15) is 0 Å². The summed E-state index contributed by atoms with van der Waals surface area (Å²) in [5, 5.41) is 3.19. The average Bonchev–Trinajstić information content (AvgIpc) is 2.38. The van der Waals surface area contributed by atoms with Gasteiger partial charge in [0, 0.05) is 13.0 Å². The minimum Gasteiger partial charge on any atom is -0.383 e. The quantitative estimate of drug-likeness (QED) is 0.829. The maximum atomic E-state index is 5.82. The number of benzene rings is 1. The highest BCUT2D eigenvalue weighted by atomic mass is 35.5. The monoisotopic (exact) mass is 251 g/mol. The van der Waals surface area contributed by atoms with Gasteiger partial charge in [-0.05, 0) is 12.1 Å². The average molecular weight is 252 g/mol. The molecule has 1 N–H and O–H groups in total. The normalized spacial score (nSPS) is 12.6. The number of nitrogens with zero attached hydrogens (tertiary/aromatic N) is 2. The highest BCUT2D eigenvalue weighted by Gasteiger charge is 2.08. The molecular formula is C12H14ClN3O. The molecule has 1 aromatic heterocycles. The molecule has 0 amide bonds. The second-order valence-electron chi connectivity index (χ2n) is 3.69. The number of hydrogen-bond donors (Lipinski definition) is 1. The molecular weight excluding hydrogens is 238 g/mol. The van der Waals surface area contributed by atoms with Crippen molar-refractivity contribution in [3.8, 4) is 0 Å². The van der Waals surface area contributed by atoms with Crippen molar-refractivity contribution in [1.29, 1.82) is 0 Å². The summed E-state index contributed by atoms with van der Waals surface area (Å²) in [6.45, 7) is 0.540. The molecule has 1 unspecified atom stereocenters. The minimum atomic E-state index is 0.0390. The highest BCUT2D eigenvalue weighted by Crippen LogP contribution is 2.12. The number of ether oxygens (including phenoxy) is 1. The molecule has 2 aromatic rings. The highest BCUT2D eigenvalue weighted by molar-refractivity contribution is 6.18. The molecule has 0 saturated heterocycles. The molecule has 0 bridgehead atoms. The zero-order chi connectivity index (χ0) is 12.1. The Balaban J connectivity index is 2.18. The predicted octanol–water partition coefficient (Wildman–Crippen LogP) is 2.30. The molecule has 1 atom stereocenters. The molecule has 0 saturated carbocycles. The van der Waals surface area contributed by atoms with Gasteiger partial charge >= 0.3 is 0 Å². The van der Waals surface area contributed by atoms with E-state index in [2.05, 4.69) is 15.3 Å². The van der Waals surface area contributed by atoms with E-state index < -0.39 is 0 Å². The third kappa shape index (κ3) is 3.05. The molecule has 1 aromatic carbocycles. The van der Waals surface area contributed by atoms with Crippen molar-refractivity contribution in [3.63, 3.8) is 0 Å². The molecule has 0 aliphatic carbocycles. The van der Waals surface area contributed by atoms with Crippen molar-refractivity contribution in [3.05, 3.63) is 30.5 Å². The summed E-state index contributed by atoms with van der Waals surface area (Å²) in [7, 11) is 1.65. The topological polar surface area (TPSA) is 47.0 Å². The van der Waals surface area contributed by atoms with Crippen LogP contribution in [0.4, 0.5) is 5.82 Å². The summed E-state index contributed by atoms with van der Waals surface area (Å²) in [6.07, 6.45) is 1.71. The minimum absolute atomic E-state index is 0.0390. The number of methoxy groups -OCH3 is 1. The molecule has 5 heteroatoms. The Morgan fingerprint density at radius 3 is 2.82 bits per heavy atom. The van der Waals surface area contributed by atoms with E-state index in [4.69, 9.17) is 16.3 Å². The largest absolute Gasteiger partial charge is 0.383 e. The number of fused-ring (bicyclic) bond motifs is 1. The van der Waals surface area contributed by atoms with Crippen LogP contribution in [-0.4, -0.2) is 35.6 Å². The van der Waals surface area contributed by atoms with E-state index in [-0.39, 0.29) is 6.04 Å². The lowest BCUT2D eigenvalue weighted by atomic mass is 10.3. The van der Waals surface area contributed by atoms with Crippen LogP contribution in [0.25, 0.3) is 11.0 Å². The van der Waals surface area contributed by atoms with Crippen molar-refractivity contribution in [2.24, 2.45) is 0 Å². The summed E-state index contributed by atoms with van der Waals surface area (Å²) in [5.41, 5.74) is 1.75. The number of halogens is 1. The second kappa shape index (κ2) is 5.80. The van der Waals surface area contributed by atoms with E-state index in [1.807, 2.05) is 24.3 Å². The molecule has 0 aliphatic rings. The van der Waals surface area contributed by atoms with Gasteiger partial charge in [0.15, 0.2) is 0 Å². The Kier molecular flexibility index (Phi) is 4.12. The molecule has 4 nitrogen and oxygen atoms in total. The van der Waals surface area contributed by atoms with Crippen LogP contribution in [0.15, 0.2) is 30.5 Å². The zero-order valence-corrected chi connectivity index (χ0v) is 10.3. The Labute approximate surface area is 105 Å². The van der Waals surface area contributed by atoms with Crippen LogP contribution in [0.3, 0.4) is 0 Å². The fourth-order valence-electron chi connectivity index (χ4n) is 1.56. The summed E-state index contributed by atoms with van der Waals surface area (Å²) in [5.74, 6) is 1.17. The Morgan fingerprint density at radius 1 is 1.35 bits per heavy atom. The summed E-state index contributed by atoms with van der Waals surface area (Å²) >= 11 is 5.82. The van der Waals surface area contributed by atoms with Gasteiger partial charge in [0.05, 0.1) is 29.9 Å². The molecule has 2 rings (SSSR count). The van der Waals surface area contributed by atoms with Gasteiger partial charge in [0.1, 0.15) is 5.82 Å². The number of hydrogen-bond acceptors (Lipinski definition) is 4. The van der Waals surface area contributed by atoms with Crippen LogP contribution in [0, 0.1) is 0 Å². The summed E-state index contributed by atoms with van der Waals surface area (Å²) in [4.78, 5) is 8.78. The van der Waals surface area contributed by atoms with E-state index in [0.29, 0.717) is 18.3 Å². The molecule has 0 fully saturated rings. The third-order valence-electron chi connectivity index (χ3n) is 2.35. The van der Waals surface area contributed by atoms with Gasteiger partial charge in [-0.3, -0.25) is 4.98 Å². The number of rotatable bonds is 5. The third-order valence-corrected chi connectivity index (χ3v) is 2.73. The number of nitrogens with one attached hydrogen (secondary N) is 1. The van der Waals surface area contributed by atoms with Crippen molar-refractivity contribution in [1.82, 2.24) is 9.97 Å². The number of anilines is 1. The number of aromatic nitrogens is 2. The molecule has 0 spiro atoms. The van der Waals surface area contributed by atoms with Gasteiger partial charge in [-0.1, -0.05) is 12.1 Å².